The van der Waals surface area contributed by atoms with Crippen LogP contribution in [-0.4, -0.2) is 43.7 Å². The molecule has 0 amide bonds. The summed E-state index contributed by atoms with van der Waals surface area (Å²) in [6.45, 7) is 4.92. The van der Waals surface area contributed by atoms with Gasteiger partial charge in [0.25, 0.3) is 5.56 Å². The maximum absolute atomic E-state index is 11.5. The maximum atomic E-state index is 11.5. The van der Waals surface area contributed by atoms with Crippen LogP contribution in [0.4, 0.5) is 0 Å². The molecule has 0 unspecified atom stereocenters. The largest absolute Gasteiger partial charge is 0.313 e. The van der Waals surface area contributed by atoms with E-state index in [0.29, 0.717) is 5.92 Å². The number of hydrogen-bond acceptors (Lipinski definition) is 6. The maximum Gasteiger partial charge on any atom is 0.250 e. The normalized spacial score (nSPS) is 18.9. The quantitative estimate of drug-likeness (QED) is 0.668. The fourth-order valence-corrected chi connectivity index (χ4v) is 3.45. The van der Waals surface area contributed by atoms with Gasteiger partial charge in [-0.05, 0) is 25.1 Å². The van der Waals surface area contributed by atoms with Crippen LogP contribution >= 0.6 is 11.8 Å². The Balaban J connectivity index is 1.63. The topological polar surface area (TPSA) is 74.8 Å². The summed E-state index contributed by atoms with van der Waals surface area (Å²) >= 11 is 1.65. The van der Waals surface area contributed by atoms with E-state index >= 15 is 0 Å². The first-order valence-corrected chi connectivity index (χ1v) is 8.94. The molecule has 7 heteroatoms. The Kier molecular flexibility index (Phi) is 5.40. The van der Waals surface area contributed by atoms with Crippen molar-refractivity contribution in [2.75, 3.05) is 18.8 Å². The number of hydrogen-bond donors (Lipinski definition) is 1. The standard InChI is InChI=1S/C16H21N5OS/c1-2-23-16-17-7-12(8-18-16)9-21-5-3-4-13(10-21)14-6-15(22)20-11-19-14/h6-8,11,13H,2-5,9-10H2,1H3,(H,19,20,22)/t13-/m1/s1. The van der Waals surface area contributed by atoms with Crippen LogP contribution in [0.3, 0.4) is 0 Å². The molecule has 2 aromatic heterocycles. The number of aromatic nitrogens is 4. The lowest BCUT2D eigenvalue weighted by molar-refractivity contribution is 0.198. The van der Waals surface area contributed by atoms with E-state index in [4.69, 9.17) is 0 Å². The number of H-pyrrole nitrogens is 1. The van der Waals surface area contributed by atoms with Crippen molar-refractivity contribution in [1.82, 2.24) is 24.8 Å². The van der Waals surface area contributed by atoms with E-state index in [1.54, 1.807) is 17.8 Å². The fraction of sp³-hybridized carbons (Fsp3) is 0.500. The van der Waals surface area contributed by atoms with Gasteiger partial charge in [0.15, 0.2) is 5.16 Å². The Morgan fingerprint density at radius 2 is 2.17 bits per heavy atom. The summed E-state index contributed by atoms with van der Waals surface area (Å²) in [5.74, 6) is 1.30. The number of rotatable bonds is 5. The third kappa shape index (κ3) is 4.39. The number of nitrogens with one attached hydrogen (secondary N) is 1. The van der Waals surface area contributed by atoms with Crippen molar-refractivity contribution >= 4 is 11.8 Å². The first-order valence-electron chi connectivity index (χ1n) is 7.95. The minimum atomic E-state index is -0.0791. The molecule has 0 aromatic carbocycles. The molecule has 0 bridgehead atoms. The second-order valence-corrected chi connectivity index (χ2v) is 6.95. The predicted octanol–water partition coefficient (Wildman–Crippen LogP) is 2.05. The summed E-state index contributed by atoms with van der Waals surface area (Å²) < 4.78 is 0. The minimum Gasteiger partial charge on any atom is -0.313 e. The molecule has 1 saturated heterocycles. The lowest BCUT2D eigenvalue weighted by atomic mass is 9.94. The predicted molar refractivity (Wildman–Crippen MR) is 90.5 cm³/mol. The molecule has 122 valence electrons. The van der Waals surface area contributed by atoms with Crippen LogP contribution in [0.25, 0.3) is 0 Å². The highest BCUT2D eigenvalue weighted by Gasteiger charge is 2.22. The van der Waals surface area contributed by atoms with Gasteiger partial charge in [-0.25, -0.2) is 15.0 Å². The van der Waals surface area contributed by atoms with E-state index in [1.807, 2.05) is 12.4 Å². The van der Waals surface area contributed by atoms with Gasteiger partial charge in [0.2, 0.25) is 0 Å². The summed E-state index contributed by atoms with van der Waals surface area (Å²) in [4.78, 5) is 29.5. The van der Waals surface area contributed by atoms with Crippen molar-refractivity contribution in [2.45, 2.75) is 37.4 Å². The molecule has 3 rings (SSSR count). The molecule has 2 aromatic rings. The number of likely N-dealkylation sites (tertiary alicyclic amines) is 1. The van der Waals surface area contributed by atoms with E-state index in [0.717, 1.165) is 54.6 Å². The Hall–Kier alpha value is -1.73. The van der Waals surface area contributed by atoms with Gasteiger partial charge >= 0.3 is 0 Å². The van der Waals surface area contributed by atoms with Crippen LogP contribution < -0.4 is 5.56 Å². The molecule has 23 heavy (non-hydrogen) atoms. The molecule has 0 radical (unpaired) electrons. The van der Waals surface area contributed by atoms with Gasteiger partial charge < -0.3 is 4.98 Å². The summed E-state index contributed by atoms with van der Waals surface area (Å²) in [5.41, 5.74) is 1.94. The number of nitrogens with zero attached hydrogens (tertiary/aromatic N) is 4. The number of aromatic amines is 1. The van der Waals surface area contributed by atoms with Crippen molar-refractivity contribution in [3.63, 3.8) is 0 Å². The summed E-state index contributed by atoms with van der Waals surface area (Å²) in [5, 5.41) is 0.834. The molecule has 3 heterocycles. The van der Waals surface area contributed by atoms with Gasteiger partial charge in [0.1, 0.15) is 0 Å². The second kappa shape index (κ2) is 7.70. The number of piperidine rings is 1. The van der Waals surface area contributed by atoms with Crippen LogP contribution in [0.15, 0.2) is 34.7 Å². The van der Waals surface area contributed by atoms with E-state index in [-0.39, 0.29) is 5.56 Å². The zero-order chi connectivity index (χ0) is 16.1. The minimum absolute atomic E-state index is 0.0791. The Morgan fingerprint density at radius 1 is 1.35 bits per heavy atom. The zero-order valence-corrected chi connectivity index (χ0v) is 14.1. The Bertz CT molecular complexity index is 687. The summed E-state index contributed by atoms with van der Waals surface area (Å²) in [6, 6.07) is 1.62. The van der Waals surface area contributed by atoms with Crippen molar-refractivity contribution < 1.29 is 0 Å². The van der Waals surface area contributed by atoms with Crippen molar-refractivity contribution in [1.29, 1.82) is 0 Å². The Morgan fingerprint density at radius 3 is 2.91 bits per heavy atom. The zero-order valence-electron chi connectivity index (χ0n) is 13.2. The lowest BCUT2D eigenvalue weighted by Crippen LogP contribution is -2.34. The summed E-state index contributed by atoms with van der Waals surface area (Å²) in [7, 11) is 0. The van der Waals surface area contributed by atoms with E-state index in [1.165, 1.54) is 6.33 Å². The first kappa shape index (κ1) is 16.1. The first-order chi connectivity index (χ1) is 11.2. The monoisotopic (exact) mass is 331 g/mol. The highest BCUT2D eigenvalue weighted by molar-refractivity contribution is 7.99. The molecule has 0 spiro atoms. The van der Waals surface area contributed by atoms with Gasteiger partial charge in [-0.2, -0.15) is 0 Å². The van der Waals surface area contributed by atoms with Crippen LogP contribution in [0.5, 0.6) is 0 Å². The summed E-state index contributed by atoms with van der Waals surface area (Å²) in [6.07, 6.45) is 7.52. The highest BCUT2D eigenvalue weighted by Crippen LogP contribution is 2.25. The van der Waals surface area contributed by atoms with E-state index in [9.17, 15) is 4.79 Å². The molecule has 1 fully saturated rings. The van der Waals surface area contributed by atoms with Gasteiger partial charge in [0, 0.05) is 43.0 Å². The van der Waals surface area contributed by atoms with Crippen LogP contribution in [0, 0.1) is 0 Å². The van der Waals surface area contributed by atoms with Crippen LogP contribution in [-0.2, 0) is 6.54 Å². The average molecular weight is 331 g/mol. The second-order valence-electron chi connectivity index (χ2n) is 5.72. The molecule has 1 aliphatic heterocycles. The molecule has 0 saturated carbocycles. The third-order valence-electron chi connectivity index (χ3n) is 3.98. The van der Waals surface area contributed by atoms with Crippen molar-refractivity contribution in [2.24, 2.45) is 0 Å². The molecule has 0 aliphatic carbocycles. The fourth-order valence-electron chi connectivity index (χ4n) is 2.93. The Labute approximate surface area is 139 Å². The van der Waals surface area contributed by atoms with Crippen molar-refractivity contribution in [3.05, 3.63) is 46.4 Å². The third-order valence-corrected chi connectivity index (χ3v) is 4.74. The van der Waals surface area contributed by atoms with Gasteiger partial charge in [-0.3, -0.25) is 9.69 Å². The van der Waals surface area contributed by atoms with Crippen molar-refractivity contribution in [3.8, 4) is 0 Å². The van der Waals surface area contributed by atoms with Gasteiger partial charge in [-0.15, -0.1) is 0 Å². The molecular weight excluding hydrogens is 310 g/mol. The lowest BCUT2D eigenvalue weighted by Gasteiger charge is -2.32. The molecule has 1 atom stereocenters. The van der Waals surface area contributed by atoms with E-state index in [2.05, 4.69) is 31.8 Å². The highest BCUT2D eigenvalue weighted by atomic mass is 32.2. The number of thioether (sulfide) groups is 1. The van der Waals surface area contributed by atoms with Crippen LogP contribution in [0.2, 0.25) is 0 Å². The molecule has 1 N–H and O–H groups in total. The van der Waals surface area contributed by atoms with E-state index < -0.39 is 0 Å². The smallest absolute Gasteiger partial charge is 0.250 e. The van der Waals surface area contributed by atoms with Gasteiger partial charge in [-0.1, -0.05) is 18.7 Å². The average Bonchev–Trinajstić information content (AvgIpc) is 2.57. The molecular formula is C16H21N5OS. The SMILES string of the molecule is CCSc1ncc(CN2CCC[C@@H](c3cc(=O)[nH]cn3)C2)cn1. The molecule has 1 aliphatic rings. The van der Waals surface area contributed by atoms with Crippen LogP contribution in [0.1, 0.15) is 36.9 Å². The molecule has 6 nitrogen and oxygen atoms in total. The van der Waals surface area contributed by atoms with Gasteiger partial charge in [0.05, 0.1) is 12.0 Å².